The van der Waals surface area contributed by atoms with E-state index in [4.69, 9.17) is 23.2 Å². The molecule has 7 heteroatoms. The van der Waals surface area contributed by atoms with Crippen LogP contribution in [0.4, 0.5) is 4.39 Å². The first-order valence-electron chi connectivity index (χ1n) is 4.97. The molecule has 0 bridgehead atoms. The Kier molecular flexibility index (Phi) is 2.65. The molecule has 0 aliphatic rings. The fourth-order valence-electron chi connectivity index (χ4n) is 1.66. The zero-order chi connectivity index (χ0) is 12.7. The van der Waals surface area contributed by atoms with Crippen LogP contribution in [0.3, 0.4) is 0 Å². The Morgan fingerprint density at radius 3 is 2.78 bits per heavy atom. The van der Waals surface area contributed by atoms with Gasteiger partial charge in [0.05, 0.1) is 18.0 Å². The highest BCUT2D eigenvalue weighted by molar-refractivity contribution is 6.31. The van der Waals surface area contributed by atoms with Gasteiger partial charge in [0.1, 0.15) is 11.0 Å². The van der Waals surface area contributed by atoms with E-state index >= 15 is 0 Å². The van der Waals surface area contributed by atoms with Gasteiger partial charge in [-0.05, 0) is 18.2 Å². The van der Waals surface area contributed by atoms with E-state index in [1.165, 1.54) is 35.0 Å². The first kappa shape index (κ1) is 11.4. The highest BCUT2D eigenvalue weighted by Crippen LogP contribution is 2.26. The van der Waals surface area contributed by atoms with Gasteiger partial charge >= 0.3 is 0 Å². The molecule has 0 spiro atoms. The molecule has 0 atom stereocenters. The van der Waals surface area contributed by atoms with Crippen molar-refractivity contribution in [2.24, 2.45) is 0 Å². The van der Waals surface area contributed by atoms with Crippen LogP contribution in [-0.2, 0) is 0 Å². The highest BCUT2D eigenvalue weighted by atomic mass is 35.5. The van der Waals surface area contributed by atoms with Crippen LogP contribution in [0.2, 0.25) is 10.2 Å². The van der Waals surface area contributed by atoms with Crippen molar-refractivity contribution in [3.8, 4) is 11.4 Å². The van der Waals surface area contributed by atoms with E-state index < -0.39 is 5.82 Å². The third-order valence-electron chi connectivity index (χ3n) is 2.44. The van der Waals surface area contributed by atoms with Crippen molar-refractivity contribution in [2.45, 2.75) is 0 Å². The standard InChI is InChI=1S/C11H5Cl2FN4/c12-6-1-2-8(14)7(3-6)11-17-16-10-5-15-4-9(13)18(10)11/h1-5H. The lowest BCUT2D eigenvalue weighted by Crippen LogP contribution is -1.94. The number of halogens is 3. The van der Waals surface area contributed by atoms with Crippen LogP contribution in [0, 0.1) is 5.82 Å². The highest BCUT2D eigenvalue weighted by Gasteiger charge is 2.15. The quantitative estimate of drug-likeness (QED) is 0.688. The molecule has 3 aromatic rings. The molecule has 0 fully saturated rings. The van der Waals surface area contributed by atoms with Crippen molar-refractivity contribution in [2.75, 3.05) is 0 Å². The minimum Gasteiger partial charge on any atom is -0.262 e. The Morgan fingerprint density at radius 1 is 1.11 bits per heavy atom. The molecule has 0 aliphatic heterocycles. The summed E-state index contributed by atoms with van der Waals surface area (Å²) in [6.45, 7) is 0. The smallest absolute Gasteiger partial charge is 0.180 e. The van der Waals surface area contributed by atoms with E-state index in [1.807, 2.05) is 0 Å². The average molecular weight is 283 g/mol. The molecular formula is C11H5Cl2FN4. The molecule has 0 aliphatic carbocycles. The largest absolute Gasteiger partial charge is 0.262 e. The molecule has 90 valence electrons. The fraction of sp³-hybridized carbons (Fsp3) is 0. The van der Waals surface area contributed by atoms with Gasteiger partial charge in [0.2, 0.25) is 0 Å². The molecule has 0 N–H and O–H groups in total. The van der Waals surface area contributed by atoms with Gasteiger partial charge in [-0.15, -0.1) is 10.2 Å². The summed E-state index contributed by atoms with van der Waals surface area (Å²) in [5.74, 6) is -0.154. The summed E-state index contributed by atoms with van der Waals surface area (Å²) in [6, 6.07) is 4.21. The van der Waals surface area contributed by atoms with Crippen LogP contribution in [0.1, 0.15) is 0 Å². The van der Waals surface area contributed by atoms with Gasteiger partial charge in [0, 0.05) is 5.02 Å². The number of hydrogen-bond donors (Lipinski definition) is 0. The van der Waals surface area contributed by atoms with Gasteiger partial charge in [0.25, 0.3) is 0 Å². The summed E-state index contributed by atoms with van der Waals surface area (Å²) in [5, 5.41) is 8.51. The second-order valence-electron chi connectivity index (χ2n) is 3.57. The van der Waals surface area contributed by atoms with Crippen molar-refractivity contribution >= 4 is 28.8 Å². The first-order valence-corrected chi connectivity index (χ1v) is 5.72. The van der Waals surface area contributed by atoms with E-state index in [2.05, 4.69) is 15.2 Å². The Hall–Kier alpha value is -1.72. The first-order chi connectivity index (χ1) is 8.66. The van der Waals surface area contributed by atoms with E-state index in [-0.39, 0.29) is 11.4 Å². The van der Waals surface area contributed by atoms with Gasteiger partial charge in [0.15, 0.2) is 11.5 Å². The van der Waals surface area contributed by atoms with Crippen molar-refractivity contribution in [3.05, 3.63) is 46.6 Å². The van der Waals surface area contributed by atoms with E-state index in [1.54, 1.807) is 0 Å². The summed E-state index contributed by atoms with van der Waals surface area (Å²) in [6.07, 6.45) is 2.93. The second-order valence-corrected chi connectivity index (χ2v) is 4.40. The molecule has 1 aromatic carbocycles. The molecule has 0 unspecified atom stereocenters. The predicted octanol–water partition coefficient (Wildman–Crippen LogP) is 3.24. The van der Waals surface area contributed by atoms with E-state index in [0.717, 1.165) is 0 Å². The average Bonchev–Trinajstić information content (AvgIpc) is 2.77. The van der Waals surface area contributed by atoms with Crippen molar-refractivity contribution in [3.63, 3.8) is 0 Å². The molecule has 0 amide bonds. The maximum absolute atomic E-state index is 13.8. The topological polar surface area (TPSA) is 43.1 Å². The predicted molar refractivity (Wildman–Crippen MR) is 66.2 cm³/mol. The zero-order valence-corrected chi connectivity index (χ0v) is 10.3. The Labute approximate surface area is 111 Å². The maximum Gasteiger partial charge on any atom is 0.180 e. The monoisotopic (exact) mass is 282 g/mol. The van der Waals surface area contributed by atoms with Gasteiger partial charge in [-0.1, -0.05) is 23.2 Å². The number of rotatable bonds is 1. The lowest BCUT2D eigenvalue weighted by molar-refractivity contribution is 0.629. The summed E-state index contributed by atoms with van der Waals surface area (Å²) in [7, 11) is 0. The number of benzene rings is 1. The molecule has 0 saturated carbocycles. The maximum atomic E-state index is 13.8. The number of aromatic nitrogens is 4. The van der Waals surface area contributed by atoms with Crippen LogP contribution in [-0.4, -0.2) is 19.6 Å². The van der Waals surface area contributed by atoms with Crippen LogP contribution in [0.25, 0.3) is 17.0 Å². The van der Waals surface area contributed by atoms with Crippen molar-refractivity contribution in [1.82, 2.24) is 19.6 Å². The fourth-order valence-corrected chi connectivity index (χ4v) is 2.05. The molecular weight excluding hydrogens is 278 g/mol. The van der Waals surface area contributed by atoms with Crippen molar-refractivity contribution < 1.29 is 4.39 Å². The van der Waals surface area contributed by atoms with Gasteiger partial charge in [-0.2, -0.15) is 0 Å². The molecule has 4 nitrogen and oxygen atoms in total. The van der Waals surface area contributed by atoms with Gasteiger partial charge in [-0.25, -0.2) is 4.39 Å². The molecule has 0 radical (unpaired) electrons. The second kappa shape index (κ2) is 4.19. The molecule has 2 heterocycles. The van der Waals surface area contributed by atoms with Crippen molar-refractivity contribution in [1.29, 1.82) is 0 Å². The Morgan fingerprint density at radius 2 is 1.94 bits per heavy atom. The third-order valence-corrected chi connectivity index (χ3v) is 2.94. The summed E-state index contributed by atoms with van der Waals surface area (Å²) in [4.78, 5) is 3.88. The van der Waals surface area contributed by atoms with Crippen LogP contribution >= 0.6 is 23.2 Å². The van der Waals surface area contributed by atoms with Gasteiger partial charge < -0.3 is 0 Å². The van der Waals surface area contributed by atoms with E-state index in [0.29, 0.717) is 15.8 Å². The summed E-state index contributed by atoms with van der Waals surface area (Å²) < 4.78 is 15.3. The number of nitrogens with zero attached hydrogens (tertiary/aromatic N) is 4. The minimum atomic E-state index is -0.443. The summed E-state index contributed by atoms with van der Waals surface area (Å²) in [5.41, 5.74) is 0.681. The van der Waals surface area contributed by atoms with Crippen LogP contribution in [0.5, 0.6) is 0 Å². The third kappa shape index (κ3) is 1.72. The van der Waals surface area contributed by atoms with Gasteiger partial charge in [-0.3, -0.25) is 9.38 Å². The Balaban J connectivity index is 2.35. The molecule has 2 aromatic heterocycles. The van der Waals surface area contributed by atoms with Crippen LogP contribution < -0.4 is 0 Å². The minimum absolute atomic E-state index is 0.239. The Bertz CT molecular complexity index is 741. The SMILES string of the molecule is Fc1ccc(Cl)cc1-c1nnc2cncc(Cl)n12. The zero-order valence-electron chi connectivity index (χ0n) is 8.81. The lowest BCUT2D eigenvalue weighted by Gasteiger charge is -2.03. The molecule has 3 rings (SSSR count). The van der Waals surface area contributed by atoms with Crippen LogP contribution in [0.15, 0.2) is 30.6 Å². The number of fused-ring (bicyclic) bond motifs is 1. The van der Waals surface area contributed by atoms with E-state index in [9.17, 15) is 4.39 Å². The normalized spacial score (nSPS) is 11.1. The molecule has 0 saturated heterocycles. The summed E-state index contributed by atoms with van der Waals surface area (Å²) >= 11 is 11.9. The lowest BCUT2D eigenvalue weighted by atomic mass is 10.2. The number of hydrogen-bond acceptors (Lipinski definition) is 3. The molecule has 18 heavy (non-hydrogen) atoms.